The minimum atomic E-state index is -1.45. The van der Waals surface area contributed by atoms with Crippen molar-refractivity contribution in [1.82, 2.24) is 5.32 Å². The van der Waals surface area contributed by atoms with Crippen LogP contribution in [0.15, 0.2) is 54.6 Å². The summed E-state index contributed by atoms with van der Waals surface area (Å²) >= 11 is 0. The third kappa shape index (κ3) is 4.05. The van der Waals surface area contributed by atoms with Gasteiger partial charge in [-0.05, 0) is 50.5 Å². The van der Waals surface area contributed by atoms with Crippen LogP contribution in [0.2, 0.25) is 0 Å². The van der Waals surface area contributed by atoms with Gasteiger partial charge in [0.15, 0.2) is 0 Å². The number of rotatable bonds is 2. The Hall–Kier alpha value is -1.99. The van der Waals surface area contributed by atoms with E-state index in [1.807, 2.05) is 56.3 Å². The second kappa shape index (κ2) is 8.90. The molecule has 1 spiro atoms. The highest BCUT2D eigenvalue weighted by molar-refractivity contribution is 5.88. The summed E-state index contributed by atoms with van der Waals surface area (Å²) in [5.74, 6) is -1.89. The molecule has 2 aliphatic carbocycles. The highest BCUT2D eigenvalue weighted by Crippen LogP contribution is 2.59. The molecule has 1 aliphatic heterocycles. The van der Waals surface area contributed by atoms with Crippen LogP contribution in [-0.2, 0) is 11.2 Å². The second-order valence-corrected chi connectivity index (χ2v) is 11.3. The van der Waals surface area contributed by atoms with E-state index in [-0.39, 0.29) is 17.9 Å². The lowest BCUT2D eigenvalue weighted by Crippen LogP contribution is -2.67. The normalized spacial score (nSPS) is 46.8. The van der Waals surface area contributed by atoms with Gasteiger partial charge in [0.2, 0.25) is 5.91 Å². The Morgan fingerprint density at radius 1 is 1.06 bits per heavy atom. The number of hydrogen-bond donors (Lipinski definition) is 5. The van der Waals surface area contributed by atoms with E-state index >= 15 is 0 Å². The largest absolute Gasteiger partial charge is 0.389 e. The molecule has 0 radical (unpaired) electrons. The van der Waals surface area contributed by atoms with Gasteiger partial charge < -0.3 is 25.7 Å². The number of amides is 1. The zero-order chi connectivity index (χ0) is 24.9. The highest BCUT2D eigenvalue weighted by atomic mass is 16.3. The lowest BCUT2D eigenvalue weighted by molar-refractivity contribution is -0.212. The molecule has 10 atom stereocenters. The molecule has 3 aliphatic rings. The number of carbonyl (C=O) groups is 1. The van der Waals surface area contributed by atoms with Gasteiger partial charge in [-0.2, -0.15) is 0 Å². The van der Waals surface area contributed by atoms with E-state index in [0.29, 0.717) is 19.3 Å². The molecule has 34 heavy (non-hydrogen) atoms. The van der Waals surface area contributed by atoms with Crippen molar-refractivity contribution in [3.8, 4) is 0 Å². The Bertz CT molecular complexity index is 955. The summed E-state index contributed by atoms with van der Waals surface area (Å²) in [4.78, 5) is 13.9. The van der Waals surface area contributed by atoms with Crippen molar-refractivity contribution in [3.63, 3.8) is 0 Å². The van der Waals surface area contributed by atoms with E-state index in [2.05, 4.69) is 5.32 Å². The maximum absolute atomic E-state index is 13.9. The summed E-state index contributed by atoms with van der Waals surface area (Å²) in [5, 5.41) is 48.6. The molecule has 1 saturated carbocycles. The molecule has 0 aromatic heterocycles. The molecular weight excluding hydrogens is 430 g/mol. The molecule has 1 aromatic rings. The predicted octanol–water partition coefficient (Wildman–Crippen LogP) is 2.36. The van der Waals surface area contributed by atoms with Gasteiger partial charge >= 0.3 is 0 Å². The van der Waals surface area contributed by atoms with Crippen LogP contribution in [-0.4, -0.2) is 55.8 Å². The highest BCUT2D eigenvalue weighted by Gasteiger charge is 2.71. The minimum absolute atomic E-state index is 0.154. The molecule has 4 rings (SSSR count). The average Bonchev–Trinajstić information content (AvgIpc) is 3.04. The predicted molar refractivity (Wildman–Crippen MR) is 131 cm³/mol. The van der Waals surface area contributed by atoms with Crippen LogP contribution < -0.4 is 5.32 Å². The first kappa shape index (κ1) is 25.1. The molecule has 1 aromatic carbocycles. The van der Waals surface area contributed by atoms with Crippen LogP contribution in [0.5, 0.6) is 0 Å². The van der Waals surface area contributed by atoms with Crippen molar-refractivity contribution >= 4 is 5.91 Å². The van der Waals surface area contributed by atoms with Crippen molar-refractivity contribution in [1.29, 1.82) is 0 Å². The van der Waals surface area contributed by atoms with E-state index in [0.717, 1.165) is 5.56 Å². The first-order valence-electron chi connectivity index (χ1n) is 12.4. The molecule has 10 unspecified atom stereocenters. The summed E-state index contributed by atoms with van der Waals surface area (Å²) in [7, 11) is 0. The summed E-state index contributed by atoms with van der Waals surface area (Å²) in [5.41, 5.74) is -2.92. The quantitative estimate of drug-likeness (QED) is 0.427. The van der Waals surface area contributed by atoms with Gasteiger partial charge in [-0.15, -0.1) is 0 Å². The minimum Gasteiger partial charge on any atom is -0.389 e. The second-order valence-electron chi connectivity index (χ2n) is 11.3. The van der Waals surface area contributed by atoms with Crippen molar-refractivity contribution in [3.05, 3.63) is 60.2 Å². The van der Waals surface area contributed by atoms with Gasteiger partial charge in [0.05, 0.1) is 28.8 Å². The zero-order valence-corrected chi connectivity index (χ0v) is 20.6. The fourth-order valence-corrected chi connectivity index (χ4v) is 6.87. The maximum atomic E-state index is 13.9. The third-order valence-corrected chi connectivity index (χ3v) is 8.71. The van der Waals surface area contributed by atoms with Gasteiger partial charge in [0.1, 0.15) is 0 Å². The topological polar surface area (TPSA) is 110 Å². The SMILES string of the molecule is CC1CC=CC2C(O)C(C)(O)C(C)C3C(Cc4ccccc4)NC(=O)C23C(O)C=CC(C)(O)C1. The lowest BCUT2D eigenvalue weighted by Gasteiger charge is -2.56. The standard InChI is InChI=1S/C28H39NO5/c1-17-9-8-12-20-24(31)27(4,34)18(2)23-21(15-19-10-6-5-7-11-19)29-25(32)28(20,23)22(30)13-14-26(3,33)16-17/h5-8,10-14,17-18,20-24,30-31,33-34H,9,15-16H2,1-4H3,(H,29,32). The fraction of sp³-hybridized carbons (Fsp3) is 0.607. The van der Waals surface area contributed by atoms with Crippen LogP contribution in [0, 0.1) is 29.1 Å². The van der Waals surface area contributed by atoms with Gasteiger partial charge in [-0.1, -0.05) is 68.5 Å². The van der Waals surface area contributed by atoms with Crippen LogP contribution in [0.3, 0.4) is 0 Å². The molecule has 5 N–H and O–H groups in total. The van der Waals surface area contributed by atoms with E-state index in [1.54, 1.807) is 19.9 Å². The maximum Gasteiger partial charge on any atom is 0.230 e. The van der Waals surface area contributed by atoms with E-state index in [1.165, 1.54) is 6.08 Å². The van der Waals surface area contributed by atoms with Crippen molar-refractivity contribution in [2.24, 2.45) is 29.1 Å². The molecule has 6 heteroatoms. The Labute approximate surface area is 202 Å². The fourth-order valence-electron chi connectivity index (χ4n) is 6.87. The number of carbonyl (C=O) groups excluding carboxylic acids is 1. The van der Waals surface area contributed by atoms with Gasteiger partial charge in [0, 0.05) is 17.9 Å². The number of allylic oxidation sites excluding steroid dienone is 1. The smallest absolute Gasteiger partial charge is 0.230 e. The summed E-state index contributed by atoms with van der Waals surface area (Å²) in [6, 6.07) is 9.52. The van der Waals surface area contributed by atoms with E-state index in [4.69, 9.17) is 0 Å². The molecule has 1 amide bonds. The van der Waals surface area contributed by atoms with Crippen LogP contribution in [0.4, 0.5) is 0 Å². The Morgan fingerprint density at radius 2 is 1.74 bits per heavy atom. The monoisotopic (exact) mass is 469 g/mol. The molecule has 0 bridgehead atoms. The summed E-state index contributed by atoms with van der Waals surface area (Å²) in [6.07, 6.45) is 6.07. The number of nitrogens with one attached hydrogen (secondary N) is 1. The Morgan fingerprint density at radius 3 is 2.41 bits per heavy atom. The van der Waals surface area contributed by atoms with Crippen LogP contribution in [0.1, 0.15) is 46.1 Å². The number of hydrogen-bond acceptors (Lipinski definition) is 5. The summed E-state index contributed by atoms with van der Waals surface area (Å²) < 4.78 is 0. The molecule has 1 heterocycles. The van der Waals surface area contributed by atoms with Crippen molar-refractivity contribution < 1.29 is 25.2 Å². The number of aliphatic hydroxyl groups excluding tert-OH is 2. The van der Waals surface area contributed by atoms with Gasteiger partial charge in [-0.3, -0.25) is 4.79 Å². The lowest BCUT2D eigenvalue weighted by atomic mass is 9.49. The third-order valence-electron chi connectivity index (χ3n) is 8.71. The van der Waals surface area contributed by atoms with Gasteiger partial charge in [0.25, 0.3) is 0 Å². The molecule has 1 saturated heterocycles. The number of aliphatic hydroxyl groups is 4. The van der Waals surface area contributed by atoms with E-state index < -0.39 is 46.6 Å². The number of benzene rings is 1. The van der Waals surface area contributed by atoms with Gasteiger partial charge in [-0.25, -0.2) is 0 Å². The Kier molecular flexibility index (Phi) is 6.58. The van der Waals surface area contributed by atoms with Crippen molar-refractivity contribution in [2.75, 3.05) is 0 Å². The molecule has 6 nitrogen and oxygen atoms in total. The molecule has 2 fully saturated rings. The Balaban J connectivity index is 1.88. The first-order chi connectivity index (χ1) is 15.9. The average molecular weight is 470 g/mol. The van der Waals surface area contributed by atoms with Crippen molar-refractivity contribution in [2.45, 2.75) is 76.4 Å². The van der Waals surface area contributed by atoms with Crippen LogP contribution in [0.25, 0.3) is 0 Å². The summed E-state index contributed by atoms with van der Waals surface area (Å²) in [6.45, 7) is 7.22. The first-order valence-corrected chi connectivity index (χ1v) is 12.4. The zero-order valence-electron chi connectivity index (χ0n) is 20.6. The van der Waals surface area contributed by atoms with E-state index in [9.17, 15) is 25.2 Å². The van der Waals surface area contributed by atoms with Crippen LogP contribution >= 0.6 is 0 Å². The molecule has 186 valence electrons. The molecular formula is C28H39NO5.